The Morgan fingerprint density at radius 2 is 2.25 bits per heavy atom. The second-order valence-electron chi connectivity index (χ2n) is 3.05. The van der Waals surface area contributed by atoms with Crippen LogP contribution in [0.15, 0.2) is 9.59 Å². The van der Waals surface area contributed by atoms with Crippen molar-refractivity contribution in [1.82, 2.24) is 4.90 Å². The number of sulfonamides is 1. The number of nitrogens with zero attached hydrogens (tertiary/aromatic N) is 1. The van der Waals surface area contributed by atoms with E-state index in [-0.39, 0.29) is 12.1 Å². The Morgan fingerprint density at radius 1 is 1.69 bits per heavy atom. The van der Waals surface area contributed by atoms with Crippen LogP contribution in [0.25, 0.3) is 0 Å². The molecule has 1 aromatic rings. The van der Waals surface area contributed by atoms with Crippen LogP contribution in [0.3, 0.4) is 0 Å². The number of thiophene rings is 1. The number of nitrogens with two attached hydrogens (primary N) is 1. The quantitative estimate of drug-likeness (QED) is 0.840. The molecule has 3 N–H and O–H groups in total. The van der Waals surface area contributed by atoms with Gasteiger partial charge in [0.2, 0.25) is 0 Å². The highest BCUT2D eigenvalue weighted by atomic mass is 32.2. The van der Waals surface area contributed by atoms with Gasteiger partial charge in [-0.2, -0.15) is 0 Å². The van der Waals surface area contributed by atoms with Gasteiger partial charge < -0.3 is 10.0 Å². The first-order valence-electron chi connectivity index (χ1n) is 3.96. The SMILES string of the molecule is CN(Cc1csc(S(N)(=O)=O)c1F)C(=O)O. The van der Waals surface area contributed by atoms with Crippen LogP contribution in [0.1, 0.15) is 5.56 Å². The second kappa shape index (κ2) is 4.36. The molecule has 6 nitrogen and oxygen atoms in total. The molecule has 0 aliphatic rings. The average Bonchev–Trinajstić information content (AvgIpc) is 2.46. The highest BCUT2D eigenvalue weighted by Gasteiger charge is 2.21. The number of halogens is 1. The van der Waals surface area contributed by atoms with E-state index in [1.165, 1.54) is 12.4 Å². The van der Waals surface area contributed by atoms with Crippen molar-refractivity contribution in [1.29, 1.82) is 0 Å². The van der Waals surface area contributed by atoms with Crippen LogP contribution in [-0.4, -0.2) is 31.6 Å². The molecular weight excluding hydrogens is 259 g/mol. The zero-order chi connectivity index (χ0) is 12.5. The van der Waals surface area contributed by atoms with Crippen molar-refractivity contribution < 1.29 is 22.7 Å². The van der Waals surface area contributed by atoms with E-state index >= 15 is 0 Å². The predicted octanol–water partition coefficient (Wildman–Crippen LogP) is 0.644. The largest absolute Gasteiger partial charge is 0.465 e. The smallest absolute Gasteiger partial charge is 0.407 e. The molecule has 0 radical (unpaired) electrons. The van der Waals surface area contributed by atoms with E-state index in [4.69, 9.17) is 10.2 Å². The summed E-state index contributed by atoms with van der Waals surface area (Å²) in [5.41, 5.74) is -0.0149. The molecule has 16 heavy (non-hydrogen) atoms. The Balaban J connectivity index is 3.02. The molecule has 1 rings (SSSR count). The van der Waals surface area contributed by atoms with Crippen molar-refractivity contribution in [2.75, 3.05) is 7.05 Å². The van der Waals surface area contributed by atoms with Crippen molar-refractivity contribution in [3.8, 4) is 0 Å². The van der Waals surface area contributed by atoms with Gasteiger partial charge in [-0.1, -0.05) is 0 Å². The number of primary sulfonamides is 1. The van der Waals surface area contributed by atoms with Crippen molar-refractivity contribution in [3.05, 3.63) is 16.8 Å². The molecule has 1 aromatic heterocycles. The third kappa shape index (κ3) is 2.68. The second-order valence-corrected chi connectivity index (χ2v) is 5.68. The van der Waals surface area contributed by atoms with Gasteiger partial charge in [0.1, 0.15) is 0 Å². The maximum Gasteiger partial charge on any atom is 0.407 e. The maximum atomic E-state index is 13.5. The van der Waals surface area contributed by atoms with Gasteiger partial charge in [0, 0.05) is 18.0 Å². The first-order chi connectivity index (χ1) is 7.23. The van der Waals surface area contributed by atoms with Gasteiger partial charge in [0.25, 0.3) is 10.0 Å². The Hall–Kier alpha value is -1.19. The first kappa shape index (κ1) is 12.9. The number of carboxylic acid groups (broad SMARTS) is 1. The van der Waals surface area contributed by atoms with Crippen LogP contribution < -0.4 is 5.14 Å². The third-order valence-electron chi connectivity index (χ3n) is 1.76. The summed E-state index contributed by atoms with van der Waals surface area (Å²) in [6.07, 6.45) is -1.23. The normalized spacial score (nSPS) is 11.4. The summed E-state index contributed by atoms with van der Waals surface area (Å²) >= 11 is 0.629. The Kier molecular flexibility index (Phi) is 3.51. The molecule has 0 atom stereocenters. The molecule has 9 heteroatoms. The molecule has 1 heterocycles. The topological polar surface area (TPSA) is 101 Å². The summed E-state index contributed by atoms with van der Waals surface area (Å²) in [6.45, 7) is -0.229. The Labute approximate surface area is 95.1 Å². The fourth-order valence-corrected chi connectivity index (χ4v) is 2.70. The van der Waals surface area contributed by atoms with E-state index in [0.717, 1.165) is 4.90 Å². The zero-order valence-electron chi connectivity index (χ0n) is 8.18. The summed E-state index contributed by atoms with van der Waals surface area (Å²) in [5, 5.41) is 14.6. The number of rotatable bonds is 3. The maximum absolute atomic E-state index is 13.5. The molecule has 0 unspecified atom stereocenters. The van der Waals surface area contributed by atoms with Crippen LogP contribution in [0.2, 0.25) is 0 Å². The van der Waals surface area contributed by atoms with Crippen molar-refractivity contribution in [2.24, 2.45) is 5.14 Å². The highest BCUT2D eigenvalue weighted by molar-refractivity contribution is 7.91. The van der Waals surface area contributed by atoms with E-state index in [1.807, 2.05) is 0 Å². The average molecular weight is 268 g/mol. The number of carbonyl (C=O) groups is 1. The zero-order valence-corrected chi connectivity index (χ0v) is 9.81. The fraction of sp³-hybridized carbons (Fsp3) is 0.286. The summed E-state index contributed by atoms with van der Waals surface area (Å²) in [7, 11) is -2.85. The summed E-state index contributed by atoms with van der Waals surface area (Å²) in [4.78, 5) is 11.3. The molecule has 1 amide bonds. The van der Waals surface area contributed by atoms with Crippen LogP contribution in [0, 0.1) is 5.82 Å². The first-order valence-corrected chi connectivity index (χ1v) is 6.38. The molecule has 0 aliphatic carbocycles. The highest BCUT2D eigenvalue weighted by Crippen LogP contribution is 2.25. The predicted molar refractivity (Wildman–Crippen MR) is 55.1 cm³/mol. The van der Waals surface area contributed by atoms with Crippen LogP contribution in [-0.2, 0) is 16.6 Å². The minimum atomic E-state index is -4.09. The van der Waals surface area contributed by atoms with E-state index in [1.54, 1.807) is 0 Å². The van der Waals surface area contributed by atoms with Gasteiger partial charge in [-0.15, -0.1) is 11.3 Å². The van der Waals surface area contributed by atoms with Gasteiger partial charge in [-0.05, 0) is 0 Å². The van der Waals surface area contributed by atoms with Gasteiger partial charge in [-0.3, -0.25) is 0 Å². The lowest BCUT2D eigenvalue weighted by Gasteiger charge is -2.11. The van der Waals surface area contributed by atoms with Crippen LogP contribution >= 0.6 is 11.3 Å². The van der Waals surface area contributed by atoms with Crippen LogP contribution in [0.4, 0.5) is 9.18 Å². The van der Waals surface area contributed by atoms with Crippen molar-refractivity contribution >= 4 is 27.5 Å². The van der Waals surface area contributed by atoms with E-state index in [9.17, 15) is 17.6 Å². The monoisotopic (exact) mass is 268 g/mol. The standard InChI is InChI=1S/C7H9FN2O4S2/c1-10(7(11)12)2-4-3-15-6(5(4)8)16(9,13)14/h3H,2H2,1H3,(H,11,12)(H2,9,13,14). The minimum Gasteiger partial charge on any atom is -0.465 e. The number of amides is 1. The number of hydrogen-bond donors (Lipinski definition) is 2. The van der Waals surface area contributed by atoms with E-state index in [2.05, 4.69) is 0 Å². The fourth-order valence-electron chi connectivity index (χ4n) is 0.981. The molecular formula is C7H9FN2O4S2. The molecule has 0 spiro atoms. The summed E-state index contributed by atoms with van der Waals surface area (Å²) in [6, 6.07) is 0. The van der Waals surface area contributed by atoms with Gasteiger partial charge >= 0.3 is 6.09 Å². The number of hydrogen-bond acceptors (Lipinski definition) is 4. The molecule has 0 aromatic carbocycles. The lowest BCUT2D eigenvalue weighted by Crippen LogP contribution is -2.24. The summed E-state index contributed by atoms with van der Waals surface area (Å²) < 4.78 is 34.7. The minimum absolute atomic E-state index is 0.0149. The Bertz CT molecular complexity index is 510. The molecule has 0 fully saturated rings. The summed E-state index contributed by atoms with van der Waals surface area (Å²) in [5.74, 6) is -0.986. The van der Waals surface area contributed by atoms with Gasteiger partial charge in [-0.25, -0.2) is 22.7 Å². The lowest BCUT2D eigenvalue weighted by molar-refractivity contribution is 0.153. The molecule has 0 saturated carbocycles. The Morgan fingerprint density at radius 3 is 2.62 bits per heavy atom. The molecule has 0 bridgehead atoms. The van der Waals surface area contributed by atoms with Gasteiger partial charge in [0.15, 0.2) is 10.0 Å². The van der Waals surface area contributed by atoms with Crippen LogP contribution in [0.5, 0.6) is 0 Å². The molecule has 90 valence electrons. The molecule has 0 saturated heterocycles. The lowest BCUT2D eigenvalue weighted by atomic mass is 10.3. The van der Waals surface area contributed by atoms with E-state index in [0.29, 0.717) is 11.3 Å². The molecule has 0 aliphatic heterocycles. The van der Waals surface area contributed by atoms with E-state index < -0.39 is 26.1 Å². The third-order valence-corrected chi connectivity index (χ3v) is 4.24. The van der Waals surface area contributed by atoms with Crippen molar-refractivity contribution in [2.45, 2.75) is 10.8 Å². The van der Waals surface area contributed by atoms with Gasteiger partial charge in [0.05, 0.1) is 6.54 Å². The van der Waals surface area contributed by atoms with Crippen molar-refractivity contribution in [3.63, 3.8) is 0 Å².